The topological polar surface area (TPSA) is 62.5 Å². The Morgan fingerprint density at radius 1 is 1.04 bits per heavy atom. The molecule has 150 valence electrons. The summed E-state index contributed by atoms with van der Waals surface area (Å²) in [6, 6.07) is 1.05. The summed E-state index contributed by atoms with van der Waals surface area (Å²) in [5.74, 6) is 1.65. The van der Waals surface area contributed by atoms with Gasteiger partial charge in [-0.1, -0.05) is 5.16 Å². The first-order valence-corrected chi connectivity index (χ1v) is 10.6. The van der Waals surface area contributed by atoms with Crippen LogP contribution >= 0.6 is 0 Å². The maximum absolute atomic E-state index is 13.7. The number of amides is 1. The molecule has 1 amide bonds. The molecule has 0 N–H and O–H groups in total. The third-order valence-electron chi connectivity index (χ3n) is 7.60. The molecule has 6 nitrogen and oxygen atoms in total. The Labute approximate surface area is 166 Å². The molecule has 0 aliphatic heterocycles. The number of rotatable bonds is 3. The van der Waals surface area contributed by atoms with Crippen LogP contribution < -0.4 is 0 Å². The minimum atomic E-state index is 0.131. The van der Waals surface area contributed by atoms with Crippen LogP contribution in [0.4, 0.5) is 0 Å². The first-order valence-electron chi connectivity index (χ1n) is 10.6. The summed E-state index contributed by atoms with van der Waals surface area (Å²) in [5, 5.41) is 4.92. The fourth-order valence-corrected chi connectivity index (χ4v) is 5.98. The van der Waals surface area contributed by atoms with Crippen LogP contribution in [0.1, 0.15) is 59.4 Å². The zero-order valence-corrected chi connectivity index (χ0v) is 17.4. The molecule has 2 heterocycles. The lowest BCUT2D eigenvalue weighted by Gasteiger charge is -2.28. The van der Waals surface area contributed by atoms with E-state index >= 15 is 0 Å². The molecule has 0 radical (unpaired) electrons. The molecule has 28 heavy (non-hydrogen) atoms. The van der Waals surface area contributed by atoms with Crippen LogP contribution in [0, 0.1) is 18.8 Å². The van der Waals surface area contributed by atoms with Gasteiger partial charge in [0.2, 0.25) is 0 Å². The number of nitrogens with zero attached hydrogens (tertiary/aromatic N) is 4. The molecule has 3 aliphatic carbocycles. The van der Waals surface area contributed by atoms with Gasteiger partial charge in [-0.25, -0.2) is 4.98 Å². The van der Waals surface area contributed by atoms with Gasteiger partial charge >= 0.3 is 0 Å². The number of carbonyl (C=O) groups excluding carboxylic acids is 1. The Bertz CT molecular complexity index is 920. The van der Waals surface area contributed by atoms with Crippen molar-refractivity contribution in [2.45, 2.75) is 64.0 Å². The minimum absolute atomic E-state index is 0.131. The average Bonchev–Trinajstić information content (AvgIpc) is 3.41. The fourth-order valence-electron chi connectivity index (χ4n) is 5.98. The monoisotopic (exact) mass is 382 g/mol. The van der Waals surface area contributed by atoms with E-state index in [1.54, 1.807) is 0 Å². The second-order valence-corrected chi connectivity index (χ2v) is 9.36. The van der Waals surface area contributed by atoms with Gasteiger partial charge in [-0.2, -0.15) is 0 Å². The number of hydrogen-bond acceptors (Lipinski definition) is 5. The van der Waals surface area contributed by atoms with E-state index in [9.17, 15) is 4.79 Å². The van der Waals surface area contributed by atoms with Crippen molar-refractivity contribution in [1.29, 1.82) is 0 Å². The van der Waals surface area contributed by atoms with Crippen molar-refractivity contribution in [3.8, 4) is 0 Å². The van der Waals surface area contributed by atoms with Gasteiger partial charge in [0.15, 0.2) is 0 Å². The lowest BCUT2D eigenvalue weighted by atomic mass is 10.00. The maximum Gasteiger partial charge on any atom is 0.259 e. The normalized spacial score (nSPS) is 28.9. The molecule has 0 saturated heterocycles. The van der Waals surface area contributed by atoms with Crippen LogP contribution in [0.5, 0.6) is 0 Å². The van der Waals surface area contributed by atoms with Gasteiger partial charge < -0.3 is 14.3 Å². The first kappa shape index (κ1) is 18.1. The zero-order valence-electron chi connectivity index (χ0n) is 17.4. The molecule has 2 unspecified atom stereocenters. The third kappa shape index (κ3) is 2.68. The van der Waals surface area contributed by atoms with Crippen LogP contribution in [0.2, 0.25) is 0 Å². The Morgan fingerprint density at radius 3 is 2.39 bits per heavy atom. The smallest absolute Gasteiger partial charge is 0.259 e. The lowest BCUT2D eigenvalue weighted by Crippen LogP contribution is -2.37. The van der Waals surface area contributed by atoms with E-state index in [4.69, 9.17) is 4.52 Å². The van der Waals surface area contributed by atoms with Gasteiger partial charge in [-0.3, -0.25) is 4.79 Å². The largest absolute Gasteiger partial charge is 0.339 e. The Morgan fingerprint density at radius 2 is 1.71 bits per heavy atom. The number of pyridine rings is 1. The molecule has 2 aromatic heterocycles. The van der Waals surface area contributed by atoms with E-state index in [1.165, 1.54) is 12.8 Å². The molecular weight excluding hydrogens is 352 g/mol. The summed E-state index contributed by atoms with van der Waals surface area (Å²) >= 11 is 0. The molecule has 4 atom stereocenters. The van der Waals surface area contributed by atoms with Crippen molar-refractivity contribution < 1.29 is 9.32 Å². The van der Waals surface area contributed by atoms with Gasteiger partial charge in [-0.05, 0) is 83.4 Å². The molecular formula is C22H30N4O2. The highest BCUT2D eigenvalue weighted by atomic mass is 16.5. The summed E-state index contributed by atoms with van der Waals surface area (Å²) in [6.45, 7) is 1.91. The maximum atomic E-state index is 13.7. The number of aromatic nitrogens is 2. The van der Waals surface area contributed by atoms with Gasteiger partial charge in [-0.15, -0.1) is 0 Å². The predicted octanol–water partition coefficient (Wildman–Crippen LogP) is 3.21. The molecule has 3 aliphatic rings. The standard InChI is InChI=1S/C22H30N4O2/c1-12-19-20(17-6-5-7-18(17)23-21(19)28-24-12)22(27)26(4)16-10-13-8-15(25(2)3)9-14(13)11-16/h13-16H,5-11H2,1-4H3/t13-,14+,15?,16?. The molecule has 6 heteroatoms. The number of aryl methyl sites for hydroxylation is 2. The summed E-state index contributed by atoms with van der Waals surface area (Å²) in [7, 11) is 6.37. The number of hydrogen-bond donors (Lipinski definition) is 0. The van der Waals surface area contributed by atoms with Crippen LogP contribution in [-0.4, -0.2) is 59.1 Å². The first-order chi connectivity index (χ1) is 13.4. The summed E-state index contributed by atoms with van der Waals surface area (Å²) in [4.78, 5) is 22.7. The van der Waals surface area contributed by atoms with Crippen LogP contribution in [0.25, 0.3) is 11.1 Å². The summed E-state index contributed by atoms with van der Waals surface area (Å²) in [5.41, 5.74) is 4.25. The number of carbonyl (C=O) groups is 1. The highest BCUT2D eigenvalue weighted by Gasteiger charge is 2.44. The molecule has 0 aromatic carbocycles. The molecule has 2 aromatic rings. The van der Waals surface area contributed by atoms with E-state index in [2.05, 4.69) is 29.1 Å². The highest BCUT2D eigenvalue weighted by molar-refractivity contribution is 6.07. The average molecular weight is 383 g/mol. The Kier molecular flexibility index (Phi) is 4.23. The van der Waals surface area contributed by atoms with Crippen molar-refractivity contribution in [3.63, 3.8) is 0 Å². The second-order valence-electron chi connectivity index (χ2n) is 9.36. The van der Waals surface area contributed by atoms with Gasteiger partial charge in [0, 0.05) is 24.8 Å². The third-order valence-corrected chi connectivity index (χ3v) is 7.60. The zero-order chi connectivity index (χ0) is 19.6. The van der Waals surface area contributed by atoms with E-state index < -0.39 is 0 Å². The molecule has 2 fully saturated rings. The minimum Gasteiger partial charge on any atom is -0.339 e. The molecule has 2 saturated carbocycles. The summed E-state index contributed by atoms with van der Waals surface area (Å²) in [6.07, 6.45) is 7.73. The lowest BCUT2D eigenvalue weighted by molar-refractivity contribution is 0.0727. The predicted molar refractivity (Wildman–Crippen MR) is 107 cm³/mol. The van der Waals surface area contributed by atoms with Gasteiger partial charge in [0.05, 0.1) is 16.6 Å². The van der Waals surface area contributed by atoms with E-state index in [0.29, 0.717) is 17.8 Å². The Hall–Kier alpha value is -1.95. The van der Waals surface area contributed by atoms with Crippen LogP contribution in [0.3, 0.4) is 0 Å². The number of fused-ring (bicyclic) bond motifs is 3. The molecule has 5 rings (SSSR count). The van der Waals surface area contributed by atoms with Crippen molar-refractivity contribution in [1.82, 2.24) is 19.9 Å². The fraction of sp³-hybridized carbons (Fsp3) is 0.682. The van der Waals surface area contributed by atoms with Gasteiger partial charge in [0.1, 0.15) is 0 Å². The quantitative estimate of drug-likeness (QED) is 0.816. The molecule has 0 spiro atoms. The van der Waals surface area contributed by atoms with Crippen molar-refractivity contribution in [2.75, 3.05) is 21.1 Å². The van der Waals surface area contributed by atoms with Crippen LogP contribution in [-0.2, 0) is 12.8 Å². The molecule has 0 bridgehead atoms. The van der Waals surface area contributed by atoms with Crippen LogP contribution in [0.15, 0.2) is 4.52 Å². The van der Waals surface area contributed by atoms with E-state index in [1.807, 2.05) is 18.9 Å². The van der Waals surface area contributed by atoms with Crippen molar-refractivity contribution in [3.05, 3.63) is 22.5 Å². The SMILES string of the molecule is Cc1noc2nc3c(c(C(=O)N(C)C4C[C@H]5CC(N(C)C)C[C@H]5C4)c12)CCC3. The summed E-state index contributed by atoms with van der Waals surface area (Å²) < 4.78 is 5.43. The Balaban J connectivity index is 1.43. The second kappa shape index (κ2) is 6.55. The van der Waals surface area contributed by atoms with Gasteiger partial charge in [0.25, 0.3) is 11.6 Å². The van der Waals surface area contributed by atoms with Crippen molar-refractivity contribution in [2.24, 2.45) is 11.8 Å². The van der Waals surface area contributed by atoms with E-state index in [0.717, 1.165) is 71.8 Å². The highest BCUT2D eigenvalue weighted by Crippen LogP contribution is 2.47. The van der Waals surface area contributed by atoms with E-state index in [-0.39, 0.29) is 5.91 Å². The van der Waals surface area contributed by atoms with Crippen molar-refractivity contribution >= 4 is 17.0 Å².